The van der Waals surface area contributed by atoms with E-state index in [0.29, 0.717) is 21.3 Å². The van der Waals surface area contributed by atoms with Gasteiger partial charge in [0.15, 0.2) is 3.95 Å². The van der Waals surface area contributed by atoms with Crippen LogP contribution in [0.15, 0.2) is 51.7 Å². The monoisotopic (exact) mass is 405 g/mol. The highest BCUT2D eigenvalue weighted by molar-refractivity contribution is 7.73. The van der Waals surface area contributed by atoms with Crippen molar-refractivity contribution < 1.29 is 9.15 Å². The summed E-state index contributed by atoms with van der Waals surface area (Å²) in [6, 6.07) is 12.7. The number of rotatable bonds is 4. The second-order valence-corrected chi connectivity index (χ2v) is 8.24. The Morgan fingerprint density at radius 2 is 1.96 bits per heavy atom. The molecule has 3 heterocycles. The maximum atomic E-state index is 12.5. The lowest BCUT2D eigenvalue weighted by molar-refractivity contribution is 0.0961. The molecule has 1 aliphatic rings. The van der Waals surface area contributed by atoms with Gasteiger partial charge >= 0.3 is 0 Å². The number of aromatic nitrogens is 1. The number of hydrogen-bond acceptors (Lipinski definition) is 5. The SMILES string of the molecule is O=c1cc(-c2ccc(-c3ccc(Cl)cc3)o2)sc(=S)n1CC1CCCO1. The molecular formula is C19H16ClNO3S2. The summed E-state index contributed by atoms with van der Waals surface area (Å²) >= 11 is 12.7. The molecule has 0 radical (unpaired) electrons. The van der Waals surface area contributed by atoms with Gasteiger partial charge in [-0.3, -0.25) is 9.36 Å². The van der Waals surface area contributed by atoms with Crippen molar-refractivity contribution in [1.29, 1.82) is 0 Å². The third kappa shape index (κ3) is 3.69. The Morgan fingerprint density at radius 1 is 1.19 bits per heavy atom. The Kier molecular flexibility index (Phi) is 5.09. The van der Waals surface area contributed by atoms with Crippen LogP contribution in [0.25, 0.3) is 22.0 Å². The van der Waals surface area contributed by atoms with Crippen LogP contribution < -0.4 is 5.56 Å². The fourth-order valence-corrected chi connectivity index (χ4v) is 4.37. The van der Waals surface area contributed by atoms with Gasteiger partial charge < -0.3 is 9.15 Å². The molecule has 1 aromatic carbocycles. The maximum absolute atomic E-state index is 12.5. The Labute approximate surface area is 164 Å². The summed E-state index contributed by atoms with van der Waals surface area (Å²) in [4.78, 5) is 13.3. The van der Waals surface area contributed by atoms with E-state index in [1.54, 1.807) is 10.6 Å². The van der Waals surface area contributed by atoms with Crippen LogP contribution in [0.5, 0.6) is 0 Å². The summed E-state index contributed by atoms with van der Waals surface area (Å²) in [6.45, 7) is 1.27. The van der Waals surface area contributed by atoms with E-state index in [4.69, 9.17) is 33.0 Å². The Balaban J connectivity index is 1.63. The van der Waals surface area contributed by atoms with Gasteiger partial charge in [-0.05, 0) is 61.5 Å². The second-order valence-electron chi connectivity index (χ2n) is 6.13. The zero-order chi connectivity index (χ0) is 18.1. The van der Waals surface area contributed by atoms with Crippen LogP contribution in [-0.4, -0.2) is 17.3 Å². The largest absolute Gasteiger partial charge is 0.455 e. The lowest BCUT2D eigenvalue weighted by Gasteiger charge is -2.11. The van der Waals surface area contributed by atoms with Gasteiger partial charge in [-0.1, -0.05) is 11.6 Å². The van der Waals surface area contributed by atoms with Crippen LogP contribution >= 0.6 is 35.2 Å². The summed E-state index contributed by atoms with van der Waals surface area (Å²) in [5.41, 5.74) is 0.805. The van der Waals surface area contributed by atoms with Crippen molar-refractivity contribution >= 4 is 35.2 Å². The number of halogens is 1. The number of nitrogens with zero attached hydrogens (tertiary/aromatic N) is 1. The maximum Gasteiger partial charge on any atom is 0.253 e. The molecule has 0 amide bonds. The molecule has 2 aromatic heterocycles. The van der Waals surface area contributed by atoms with Crippen molar-refractivity contribution in [3.8, 4) is 22.0 Å². The van der Waals surface area contributed by atoms with Gasteiger partial charge in [-0.15, -0.1) is 11.3 Å². The molecule has 1 atom stereocenters. The van der Waals surface area contributed by atoms with Crippen LogP contribution in [0, 0.1) is 3.95 Å². The lowest BCUT2D eigenvalue weighted by Crippen LogP contribution is -2.25. The highest BCUT2D eigenvalue weighted by Crippen LogP contribution is 2.31. The van der Waals surface area contributed by atoms with Crippen LogP contribution in [0.1, 0.15) is 12.8 Å². The molecule has 1 saturated heterocycles. The van der Waals surface area contributed by atoms with E-state index >= 15 is 0 Å². The Bertz CT molecular complexity index is 999. The third-order valence-corrected chi connectivity index (χ3v) is 5.98. The highest BCUT2D eigenvalue weighted by atomic mass is 35.5. The van der Waals surface area contributed by atoms with Gasteiger partial charge in [-0.2, -0.15) is 0 Å². The molecule has 0 N–H and O–H groups in total. The molecule has 4 rings (SSSR count). The molecule has 0 spiro atoms. The van der Waals surface area contributed by atoms with E-state index < -0.39 is 0 Å². The summed E-state index contributed by atoms with van der Waals surface area (Å²) in [5, 5.41) is 0.674. The molecule has 26 heavy (non-hydrogen) atoms. The average molecular weight is 406 g/mol. The molecule has 134 valence electrons. The first kappa shape index (κ1) is 17.7. The van der Waals surface area contributed by atoms with Crippen LogP contribution in [-0.2, 0) is 11.3 Å². The molecule has 1 unspecified atom stereocenters. The number of furan rings is 1. The number of benzene rings is 1. The third-order valence-electron chi connectivity index (χ3n) is 4.33. The standard InChI is InChI=1S/C19H16ClNO3S2/c20-13-5-3-12(4-6-13)15-7-8-16(24-15)17-10-18(22)21(19(25)26-17)11-14-2-1-9-23-14/h3-8,10,14H,1-2,9,11H2. The first-order valence-electron chi connectivity index (χ1n) is 8.33. The van der Waals surface area contributed by atoms with Crippen molar-refractivity contribution in [3.05, 3.63) is 61.8 Å². The van der Waals surface area contributed by atoms with E-state index in [0.717, 1.165) is 35.6 Å². The summed E-state index contributed by atoms with van der Waals surface area (Å²) in [5.74, 6) is 1.35. The fraction of sp³-hybridized carbons (Fsp3) is 0.263. The minimum atomic E-state index is -0.122. The van der Waals surface area contributed by atoms with Crippen LogP contribution in [0.3, 0.4) is 0 Å². The Hall–Kier alpha value is -1.73. The first-order valence-corrected chi connectivity index (χ1v) is 9.93. The van der Waals surface area contributed by atoms with Gasteiger partial charge in [-0.25, -0.2) is 0 Å². The van der Waals surface area contributed by atoms with Crippen molar-refractivity contribution in [2.45, 2.75) is 25.5 Å². The average Bonchev–Trinajstić information content (AvgIpc) is 3.30. The van der Waals surface area contributed by atoms with Crippen molar-refractivity contribution in [2.24, 2.45) is 0 Å². The zero-order valence-corrected chi connectivity index (χ0v) is 16.2. The predicted octanol–water partition coefficient (Wildman–Crippen LogP) is 5.40. The Morgan fingerprint density at radius 3 is 2.65 bits per heavy atom. The van der Waals surface area contributed by atoms with E-state index in [-0.39, 0.29) is 11.7 Å². The smallest absolute Gasteiger partial charge is 0.253 e. The predicted molar refractivity (Wildman–Crippen MR) is 107 cm³/mol. The summed E-state index contributed by atoms with van der Waals surface area (Å²) in [7, 11) is 0. The molecule has 3 aromatic rings. The summed E-state index contributed by atoms with van der Waals surface area (Å²) < 4.78 is 13.7. The van der Waals surface area contributed by atoms with Crippen LogP contribution in [0.4, 0.5) is 0 Å². The van der Waals surface area contributed by atoms with Gasteiger partial charge in [0.05, 0.1) is 17.5 Å². The minimum absolute atomic E-state index is 0.0765. The topological polar surface area (TPSA) is 44.4 Å². The van der Waals surface area contributed by atoms with Crippen molar-refractivity contribution in [1.82, 2.24) is 4.57 Å². The zero-order valence-electron chi connectivity index (χ0n) is 13.8. The molecule has 0 aliphatic carbocycles. The molecule has 0 bridgehead atoms. The van der Waals surface area contributed by atoms with Gasteiger partial charge in [0.2, 0.25) is 0 Å². The molecule has 4 nitrogen and oxygen atoms in total. The molecule has 7 heteroatoms. The van der Waals surface area contributed by atoms with E-state index in [2.05, 4.69) is 0 Å². The fourth-order valence-electron chi connectivity index (χ4n) is 2.98. The van der Waals surface area contributed by atoms with Gasteiger partial charge in [0.25, 0.3) is 5.56 Å². The van der Waals surface area contributed by atoms with Crippen LogP contribution in [0.2, 0.25) is 5.02 Å². The molecular weight excluding hydrogens is 390 g/mol. The van der Waals surface area contributed by atoms with E-state index in [1.165, 1.54) is 11.3 Å². The van der Waals surface area contributed by atoms with Crippen molar-refractivity contribution in [3.63, 3.8) is 0 Å². The van der Waals surface area contributed by atoms with E-state index in [1.807, 2.05) is 36.4 Å². The van der Waals surface area contributed by atoms with Gasteiger partial charge in [0, 0.05) is 23.3 Å². The molecule has 1 fully saturated rings. The van der Waals surface area contributed by atoms with Gasteiger partial charge in [0.1, 0.15) is 11.5 Å². The van der Waals surface area contributed by atoms with Crippen molar-refractivity contribution in [2.75, 3.05) is 6.61 Å². The summed E-state index contributed by atoms with van der Waals surface area (Å²) in [6.07, 6.45) is 2.08. The van der Waals surface area contributed by atoms with E-state index in [9.17, 15) is 4.79 Å². The number of hydrogen-bond donors (Lipinski definition) is 0. The number of ether oxygens (including phenoxy) is 1. The minimum Gasteiger partial charge on any atom is -0.455 e. The second kappa shape index (κ2) is 7.48. The lowest BCUT2D eigenvalue weighted by atomic mass is 10.2. The quantitative estimate of drug-likeness (QED) is 0.545. The first-order chi connectivity index (χ1) is 12.6. The normalized spacial score (nSPS) is 16.9. The highest BCUT2D eigenvalue weighted by Gasteiger charge is 2.18. The molecule has 0 saturated carbocycles. The molecule has 1 aliphatic heterocycles.